The quantitative estimate of drug-likeness (QED) is 0.546. The summed E-state index contributed by atoms with van der Waals surface area (Å²) in [5.74, 6) is -0.0321. The van der Waals surface area contributed by atoms with Crippen molar-refractivity contribution in [2.45, 2.75) is 24.9 Å². The molecular weight excluding hydrogens is 156 g/mol. The molecule has 1 saturated carbocycles. The minimum atomic E-state index is -0.348. The van der Waals surface area contributed by atoms with Gasteiger partial charge in [-0.1, -0.05) is 0 Å². The van der Waals surface area contributed by atoms with Gasteiger partial charge in [-0.2, -0.15) is 5.26 Å². The number of nitriles is 1. The molecule has 1 atom stereocenters. The van der Waals surface area contributed by atoms with E-state index in [-0.39, 0.29) is 18.6 Å². The Morgan fingerprint density at radius 2 is 2.33 bits per heavy atom. The summed E-state index contributed by atoms with van der Waals surface area (Å²) in [4.78, 5) is 13.0. The molecule has 1 amide bonds. The highest BCUT2D eigenvalue weighted by molar-refractivity contribution is 5.79. The average Bonchev–Trinajstić information content (AvgIpc) is 2.87. The van der Waals surface area contributed by atoms with Gasteiger partial charge in [-0.3, -0.25) is 4.79 Å². The van der Waals surface area contributed by atoms with Crippen LogP contribution in [0.5, 0.6) is 0 Å². The van der Waals surface area contributed by atoms with Crippen molar-refractivity contribution >= 4 is 5.91 Å². The van der Waals surface area contributed by atoms with Gasteiger partial charge in [0.15, 0.2) is 0 Å². The maximum absolute atomic E-state index is 11.3. The van der Waals surface area contributed by atoms with E-state index < -0.39 is 0 Å². The molecule has 4 heteroatoms. The second-order valence-electron chi connectivity index (χ2n) is 3.19. The molecular formula is C8H10N2O2. The number of hydrogen-bond acceptors (Lipinski definition) is 3. The van der Waals surface area contributed by atoms with Crippen LogP contribution in [0.3, 0.4) is 0 Å². The molecule has 0 N–H and O–H groups in total. The maximum atomic E-state index is 11.3. The Morgan fingerprint density at radius 3 is 2.92 bits per heavy atom. The lowest BCUT2D eigenvalue weighted by atomic mass is 10.2. The van der Waals surface area contributed by atoms with Gasteiger partial charge in [-0.05, 0) is 12.8 Å². The average molecular weight is 166 g/mol. The van der Waals surface area contributed by atoms with Crippen molar-refractivity contribution in [1.82, 2.24) is 4.90 Å². The van der Waals surface area contributed by atoms with Crippen molar-refractivity contribution in [1.29, 1.82) is 5.26 Å². The van der Waals surface area contributed by atoms with Gasteiger partial charge < -0.3 is 9.64 Å². The van der Waals surface area contributed by atoms with Gasteiger partial charge in [-0.25, -0.2) is 0 Å². The van der Waals surface area contributed by atoms with Crippen LogP contribution in [0.25, 0.3) is 0 Å². The number of hydrogen-bond donors (Lipinski definition) is 0. The maximum Gasteiger partial charge on any atom is 0.249 e. The number of rotatable bonds is 1. The summed E-state index contributed by atoms with van der Waals surface area (Å²) in [5, 5.41) is 8.73. The first-order valence-corrected chi connectivity index (χ1v) is 4.11. The monoisotopic (exact) mass is 166 g/mol. The predicted octanol–water partition coefficient (Wildman–Crippen LogP) is -0.100. The van der Waals surface area contributed by atoms with E-state index in [0.717, 1.165) is 12.8 Å². The van der Waals surface area contributed by atoms with Crippen LogP contribution >= 0.6 is 0 Å². The summed E-state index contributed by atoms with van der Waals surface area (Å²) in [6.07, 6.45) is 2.09. The number of nitrogens with zero attached hydrogens (tertiary/aromatic N) is 2. The third-order valence-corrected chi connectivity index (χ3v) is 2.21. The second kappa shape index (κ2) is 2.76. The molecule has 1 heterocycles. The van der Waals surface area contributed by atoms with Crippen molar-refractivity contribution in [2.24, 2.45) is 0 Å². The van der Waals surface area contributed by atoms with E-state index in [0.29, 0.717) is 12.6 Å². The number of carbonyl (C=O) groups excluding carboxylic acids is 1. The molecule has 2 fully saturated rings. The Balaban J connectivity index is 2.11. The minimum absolute atomic E-state index is 0.0321. The van der Waals surface area contributed by atoms with Gasteiger partial charge in [0.2, 0.25) is 5.91 Å². The Kier molecular flexibility index (Phi) is 1.74. The molecule has 1 aliphatic heterocycles. The predicted molar refractivity (Wildman–Crippen MR) is 40.1 cm³/mol. The zero-order valence-electron chi connectivity index (χ0n) is 6.69. The van der Waals surface area contributed by atoms with Crippen LogP contribution < -0.4 is 0 Å². The van der Waals surface area contributed by atoms with Gasteiger partial charge in [0, 0.05) is 6.04 Å². The van der Waals surface area contributed by atoms with Crippen LogP contribution in [-0.2, 0) is 9.53 Å². The first kappa shape index (κ1) is 7.56. The minimum Gasteiger partial charge on any atom is -0.368 e. The third-order valence-electron chi connectivity index (χ3n) is 2.21. The first-order chi connectivity index (χ1) is 5.83. The number of morpholine rings is 1. The van der Waals surface area contributed by atoms with Crippen molar-refractivity contribution < 1.29 is 9.53 Å². The molecule has 0 aromatic heterocycles. The SMILES string of the molecule is N#CC1COCC(=O)N1C1CC1. The van der Waals surface area contributed by atoms with E-state index in [1.165, 1.54) is 0 Å². The van der Waals surface area contributed by atoms with Crippen LogP contribution in [0.4, 0.5) is 0 Å². The van der Waals surface area contributed by atoms with Gasteiger partial charge in [0.05, 0.1) is 12.7 Å². The largest absolute Gasteiger partial charge is 0.368 e. The first-order valence-electron chi connectivity index (χ1n) is 4.11. The molecule has 12 heavy (non-hydrogen) atoms. The van der Waals surface area contributed by atoms with Crippen LogP contribution in [0.1, 0.15) is 12.8 Å². The third kappa shape index (κ3) is 1.16. The Morgan fingerprint density at radius 1 is 1.58 bits per heavy atom. The fraction of sp³-hybridized carbons (Fsp3) is 0.750. The molecule has 4 nitrogen and oxygen atoms in total. The van der Waals surface area contributed by atoms with E-state index in [2.05, 4.69) is 6.07 Å². The van der Waals surface area contributed by atoms with Crippen molar-refractivity contribution in [3.8, 4) is 6.07 Å². The molecule has 0 aromatic rings. The molecule has 0 spiro atoms. The smallest absolute Gasteiger partial charge is 0.249 e. The fourth-order valence-electron chi connectivity index (χ4n) is 1.50. The summed E-state index contributed by atoms with van der Waals surface area (Å²) >= 11 is 0. The normalized spacial score (nSPS) is 30.1. The molecule has 2 rings (SSSR count). The Bertz CT molecular complexity index is 242. The highest BCUT2D eigenvalue weighted by Crippen LogP contribution is 2.29. The standard InChI is InChI=1S/C8H10N2O2/c9-3-7-4-12-5-8(11)10(7)6-1-2-6/h6-7H,1-2,4-5H2. The Labute approximate surface area is 70.7 Å². The lowest BCUT2D eigenvalue weighted by molar-refractivity contribution is -0.146. The zero-order valence-corrected chi connectivity index (χ0v) is 6.69. The van der Waals surface area contributed by atoms with Crippen molar-refractivity contribution in [3.05, 3.63) is 0 Å². The molecule has 2 aliphatic rings. The second-order valence-corrected chi connectivity index (χ2v) is 3.19. The topological polar surface area (TPSA) is 53.3 Å². The summed E-state index contributed by atoms with van der Waals surface area (Å²) in [5.41, 5.74) is 0. The lowest BCUT2D eigenvalue weighted by Crippen LogP contribution is -2.49. The Hall–Kier alpha value is -1.08. The van der Waals surface area contributed by atoms with E-state index >= 15 is 0 Å². The summed E-state index contributed by atoms with van der Waals surface area (Å²) in [6.45, 7) is 0.521. The molecule has 1 aliphatic carbocycles. The summed E-state index contributed by atoms with van der Waals surface area (Å²) in [6, 6.07) is 2.06. The molecule has 64 valence electrons. The lowest BCUT2D eigenvalue weighted by Gasteiger charge is -2.31. The van der Waals surface area contributed by atoms with Crippen molar-refractivity contribution in [3.63, 3.8) is 0 Å². The molecule has 0 bridgehead atoms. The van der Waals surface area contributed by atoms with Crippen LogP contribution in [-0.4, -0.2) is 36.1 Å². The van der Waals surface area contributed by atoms with E-state index in [9.17, 15) is 4.79 Å². The van der Waals surface area contributed by atoms with Gasteiger partial charge in [0.1, 0.15) is 12.6 Å². The number of ether oxygens (including phenoxy) is 1. The molecule has 1 saturated heterocycles. The van der Waals surface area contributed by atoms with Gasteiger partial charge in [-0.15, -0.1) is 0 Å². The number of amides is 1. The van der Waals surface area contributed by atoms with Crippen LogP contribution in [0, 0.1) is 11.3 Å². The zero-order chi connectivity index (χ0) is 8.55. The van der Waals surface area contributed by atoms with Crippen LogP contribution in [0.15, 0.2) is 0 Å². The van der Waals surface area contributed by atoms with E-state index in [1.807, 2.05) is 0 Å². The van der Waals surface area contributed by atoms with E-state index in [4.69, 9.17) is 10.00 Å². The molecule has 1 unspecified atom stereocenters. The van der Waals surface area contributed by atoms with Gasteiger partial charge >= 0.3 is 0 Å². The van der Waals surface area contributed by atoms with Crippen LogP contribution in [0.2, 0.25) is 0 Å². The van der Waals surface area contributed by atoms with Gasteiger partial charge in [0.25, 0.3) is 0 Å². The van der Waals surface area contributed by atoms with E-state index in [1.54, 1.807) is 4.90 Å². The number of carbonyl (C=O) groups is 1. The molecule has 0 radical (unpaired) electrons. The fourth-order valence-corrected chi connectivity index (χ4v) is 1.50. The highest BCUT2D eigenvalue weighted by atomic mass is 16.5. The summed E-state index contributed by atoms with van der Waals surface area (Å²) in [7, 11) is 0. The molecule has 0 aromatic carbocycles. The summed E-state index contributed by atoms with van der Waals surface area (Å²) < 4.78 is 4.98. The highest BCUT2D eigenvalue weighted by Gasteiger charge is 2.39. The van der Waals surface area contributed by atoms with Crippen molar-refractivity contribution in [2.75, 3.05) is 13.2 Å².